The van der Waals surface area contributed by atoms with Crippen molar-refractivity contribution in [2.24, 2.45) is 0 Å². The highest BCUT2D eigenvalue weighted by molar-refractivity contribution is 5.96. The topological polar surface area (TPSA) is 62.6 Å². The smallest absolute Gasteiger partial charge is 0.321 e. The molecular formula is C11H22N3O2+. The van der Waals surface area contributed by atoms with Crippen LogP contribution in [0.5, 0.6) is 0 Å². The van der Waals surface area contributed by atoms with Gasteiger partial charge in [0.05, 0.1) is 13.1 Å². The molecule has 0 radical (unpaired) electrons. The molecule has 0 bridgehead atoms. The molecule has 0 aliphatic carbocycles. The molecule has 16 heavy (non-hydrogen) atoms. The second kappa shape index (κ2) is 6.48. The lowest BCUT2D eigenvalue weighted by Crippen LogP contribution is -3.16. The van der Waals surface area contributed by atoms with Crippen LogP contribution in [0, 0.1) is 0 Å². The number of likely N-dealkylation sites (tertiary alicyclic amines) is 1. The summed E-state index contributed by atoms with van der Waals surface area (Å²) in [5.74, 6) is -0.184. The summed E-state index contributed by atoms with van der Waals surface area (Å²) >= 11 is 0. The van der Waals surface area contributed by atoms with Crippen molar-refractivity contribution in [2.45, 2.75) is 38.6 Å². The predicted molar refractivity (Wildman–Crippen MR) is 61.2 cm³/mol. The number of carbonyl (C=O) groups excluding carboxylic acids is 2. The average Bonchev–Trinajstić information content (AvgIpc) is 2.56. The minimum absolute atomic E-state index is 0.143. The predicted octanol–water partition coefficient (Wildman–Crippen LogP) is -0.711. The molecule has 1 aliphatic rings. The SMILES string of the molecule is CNC(=O)NC(=O)[C@H](C)[NH+]1CCCCCC1. The van der Waals surface area contributed by atoms with Crippen molar-refractivity contribution in [1.82, 2.24) is 10.6 Å². The minimum atomic E-state index is -0.425. The number of quaternary nitrogens is 1. The minimum Gasteiger partial charge on any atom is -0.341 e. The van der Waals surface area contributed by atoms with Crippen LogP contribution >= 0.6 is 0 Å². The summed E-state index contributed by atoms with van der Waals surface area (Å²) < 4.78 is 0. The van der Waals surface area contributed by atoms with Crippen molar-refractivity contribution >= 4 is 11.9 Å². The van der Waals surface area contributed by atoms with Gasteiger partial charge in [-0.15, -0.1) is 0 Å². The van der Waals surface area contributed by atoms with Gasteiger partial charge in [0.1, 0.15) is 0 Å². The first-order valence-electron chi connectivity index (χ1n) is 6.02. The highest BCUT2D eigenvalue weighted by Gasteiger charge is 2.26. The molecule has 0 saturated carbocycles. The Balaban J connectivity index is 2.44. The molecule has 92 valence electrons. The van der Waals surface area contributed by atoms with Gasteiger partial charge in [-0.2, -0.15) is 0 Å². The van der Waals surface area contributed by atoms with Gasteiger partial charge in [-0.3, -0.25) is 10.1 Å². The largest absolute Gasteiger partial charge is 0.341 e. The van der Waals surface area contributed by atoms with E-state index in [4.69, 9.17) is 0 Å². The molecule has 3 amide bonds. The summed E-state index contributed by atoms with van der Waals surface area (Å²) in [6.07, 6.45) is 4.86. The van der Waals surface area contributed by atoms with Crippen LogP contribution in [0.25, 0.3) is 0 Å². The fourth-order valence-electron chi connectivity index (χ4n) is 2.08. The second-order valence-electron chi connectivity index (χ2n) is 4.36. The molecule has 1 saturated heterocycles. The molecule has 1 heterocycles. The van der Waals surface area contributed by atoms with E-state index in [1.165, 1.54) is 37.6 Å². The maximum absolute atomic E-state index is 11.7. The normalized spacial score (nSPS) is 19.6. The summed E-state index contributed by atoms with van der Waals surface area (Å²) in [6.45, 7) is 3.95. The lowest BCUT2D eigenvalue weighted by Gasteiger charge is -2.23. The van der Waals surface area contributed by atoms with Crippen LogP contribution in [0.2, 0.25) is 0 Å². The highest BCUT2D eigenvalue weighted by Crippen LogP contribution is 2.00. The van der Waals surface area contributed by atoms with E-state index in [-0.39, 0.29) is 11.9 Å². The van der Waals surface area contributed by atoms with E-state index >= 15 is 0 Å². The molecule has 1 rings (SSSR count). The van der Waals surface area contributed by atoms with E-state index in [0.717, 1.165) is 13.1 Å². The highest BCUT2D eigenvalue weighted by atomic mass is 16.2. The number of hydrogen-bond donors (Lipinski definition) is 3. The molecular weight excluding hydrogens is 206 g/mol. The molecule has 1 atom stereocenters. The molecule has 0 spiro atoms. The van der Waals surface area contributed by atoms with Crippen molar-refractivity contribution in [2.75, 3.05) is 20.1 Å². The molecule has 0 aromatic heterocycles. The molecule has 1 fully saturated rings. The fourth-order valence-corrected chi connectivity index (χ4v) is 2.08. The van der Waals surface area contributed by atoms with E-state index in [1.54, 1.807) is 0 Å². The van der Waals surface area contributed by atoms with Crippen molar-refractivity contribution in [3.05, 3.63) is 0 Å². The van der Waals surface area contributed by atoms with Crippen LogP contribution in [0.4, 0.5) is 4.79 Å². The van der Waals surface area contributed by atoms with Crippen LogP contribution in [-0.2, 0) is 4.79 Å². The summed E-state index contributed by atoms with van der Waals surface area (Å²) in [5.41, 5.74) is 0. The first-order chi connectivity index (χ1) is 7.65. The first-order valence-corrected chi connectivity index (χ1v) is 6.02. The molecule has 0 aromatic rings. The number of hydrogen-bond acceptors (Lipinski definition) is 2. The summed E-state index contributed by atoms with van der Waals surface area (Å²) in [4.78, 5) is 24.0. The Morgan fingerprint density at radius 2 is 1.69 bits per heavy atom. The Morgan fingerprint density at radius 1 is 1.12 bits per heavy atom. The number of amides is 3. The summed E-state index contributed by atoms with van der Waals surface area (Å²) in [5, 5.41) is 4.72. The average molecular weight is 228 g/mol. The van der Waals surface area contributed by atoms with E-state index in [0.29, 0.717) is 0 Å². The third-order valence-corrected chi connectivity index (χ3v) is 3.22. The third-order valence-electron chi connectivity index (χ3n) is 3.22. The second-order valence-corrected chi connectivity index (χ2v) is 4.36. The maximum Gasteiger partial charge on any atom is 0.321 e. The third kappa shape index (κ3) is 3.81. The molecule has 5 nitrogen and oxygen atoms in total. The number of rotatable bonds is 2. The van der Waals surface area contributed by atoms with Crippen molar-refractivity contribution < 1.29 is 14.5 Å². The number of urea groups is 1. The Labute approximate surface area is 96.6 Å². The number of imide groups is 1. The van der Waals surface area contributed by atoms with Crippen LogP contribution < -0.4 is 15.5 Å². The van der Waals surface area contributed by atoms with Gasteiger partial charge in [0, 0.05) is 7.05 Å². The van der Waals surface area contributed by atoms with E-state index in [2.05, 4.69) is 10.6 Å². The Hall–Kier alpha value is -1.10. The van der Waals surface area contributed by atoms with Gasteiger partial charge in [0.25, 0.3) is 5.91 Å². The van der Waals surface area contributed by atoms with Gasteiger partial charge in [-0.25, -0.2) is 4.79 Å². The van der Waals surface area contributed by atoms with E-state index in [1.807, 2.05) is 6.92 Å². The standard InChI is InChI=1S/C11H21N3O2/c1-9(10(15)13-11(16)12-2)14-7-5-3-4-6-8-14/h9H,3-8H2,1-2H3,(H2,12,13,15,16)/p+1/t9-/m0/s1. The van der Waals surface area contributed by atoms with Gasteiger partial charge in [-0.1, -0.05) is 0 Å². The lowest BCUT2D eigenvalue weighted by atomic mass is 10.2. The molecule has 3 N–H and O–H groups in total. The van der Waals surface area contributed by atoms with Crippen LogP contribution in [0.1, 0.15) is 32.6 Å². The Kier molecular flexibility index (Phi) is 5.25. The maximum atomic E-state index is 11.7. The molecule has 0 aromatic carbocycles. The molecule has 5 heteroatoms. The molecule has 0 unspecified atom stereocenters. The van der Waals surface area contributed by atoms with Crippen molar-refractivity contribution in [3.63, 3.8) is 0 Å². The quantitative estimate of drug-likeness (QED) is 0.584. The number of nitrogens with one attached hydrogen (secondary N) is 3. The van der Waals surface area contributed by atoms with Crippen molar-refractivity contribution in [3.8, 4) is 0 Å². The summed E-state index contributed by atoms with van der Waals surface area (Å²) in [7, 11) is 1.51. The van der Waals surface area contributed by atoms with Gasteiger partial charge < -0.3 is 10.2 Å². The van der Waals surface area contributed by atoms with Gasteiger partial charge in [0.15, 0.2) is 6.04 Å². The molecule has 1 aliphatic heterocycles. The van der Waals surface area contributed by atoms with Gasteiger partial charge >= 0.3 is 6.03 Å². The Morgan fingerprint density at radius 3 is 2.19 bits per heavy atom. The van der Waals surface area contributed by atoms with Crippen molar-refractivity contribution in [1.29, 1.82) is 0 Å². The first kappa shape index (κ1) is 13.0. The lowest BCUT2D eigenvalue weighted by molar-refractivity contribution is -0.913. The summed E-state index contributed by atoms with van der Waals surface area (Å²) in [6, 6.07) is -0.568. The van der Waals surface area contributed by atoms with E-state index in [9.17, 15) is 9.59 Å². The van der Waals surface area contributed by atoms with Crippen LogP contribution in [0.3, 0.4) is 0 Å². The Bertz CT molecular complexity index is 248. The van der Waals surface area contributed by atoms with Gasteiger partial charge in [0.2, 0.25) is 0 Å². The fraction of sp³-hybridized carbons (Fsp3) is 0.818. The monoisotopic (exact) mass is 228 g/mol. The zero-order valence-corrected chi connectivity index (χ0v) is 10.1. The van der Waals surface area contributed by atoms with Gasteiger partial charge in [-0.05, 0) is 32.6 Å². The van der Waals surface area contributed by atoms with Crippen LogP contribution in [0.15, 0.2) is 0 Å². The number of carbonyl (C=O) groups is 2. The zero-order chi connectivity index (χ0) is 12.0. The van der Waals surface area contributed by atoms with Crippen LogP contribution in [-0.4, -0.2) is 38.1 Å². The zero-order valence-electron chi connectivity index (χ0n) is 10.1. The van der Waals surface area contributed by atoms with E-state index < -0.39 is 6.03 Å².